The van der Waals surface area contributed by atoms with Crippen molar-refractivity contribution in [3.63, 3.8) is 0 Å². The minimum Gasteiger partial charge on any atom is -0.481 e. The number of carbonyl (C=O) groups is 2. The fourth-order valence-electron chi connectivity index (χ4n) is 1.53. The number of halogens is 1. The zero-order chi connectivity index (χ0) is 16.2. The van der Waals surface area contributed by atoms with E-state index in [1.165, 1.54) is 6.20 Å². The number of aliphatic carboxylic acids is 1. The standard InChI is InChI=1S/C14H20ClN3O3/c1-5-14(4,13(20)21)7-17-12(19)10-9(15)6-16-11(18-10)8(2)3/h6,8H,5,7H2,1-4H3,(H,17,19)(H,20,21). The van der Waals surface area contributed by atoms with Gasteiger partial charge in [0.25, 0.3) is 5.91 Å². The first-order valence-corrected chi connectivity index (χ1v) is 7.13. The Balaban J connectivity index is 2.90. The molecule has 1 rings (SSSR count). The van der Waals surface area contributed by atoms with Crippen LogP contribution in [-0.2, 0) is 4.79 Å². The second-order valence-electron chi connectivity index (χ2n) is 5.48. The third-order valence-electron chi connectivity index (χ3n) is 3.43. The quantitative estimate of drug-likeness (QED) is 0.841. The van der Waals surface area contributed by atoms with E-state index in [1.54, 1.807) is 13.8 Å². The summed E-state index contributed by atoms with van der Waals surface area (Å²) in [4.78, 5) is 31.6. The van der Waals surface area contributed by atoms with Crippen LogP contribution in [0.15, 0.2) is 6.20 Å². The third kappa shape index (κ3) is 4.14. The summed E-state index contributed by atoms with van der Waals surface area (Å²) < 4.78 is 0. The highest BCUT2D eigenvalue weighted by Gasteiger charge is 2.32. The largest absolute Gasteiger partial charge is 0.481 e. The van der Waals surface area contributed by atoms with E-state index in [4.69, 9.17) is 11.6 Å². The fraction of sp³-hybridized carbons (Fsp3) is 0.571. The lowest BCUT2D eigenvalue weighted by molar-refractivity contribution is -0.147. The van der Waals surface area contributed by atoms with Gasteiger partial charge in [0.15, 0.2) is 0 Å². The summed E-state index contributed by atoms with van der Waals surface area (Å²) in [5.41, 5.74) is -0.949. The number of carbonyl (C=O) groups excluding carboxylic acids is 1. The lowest BCUT2D eigenvalue weighted by Gasteiger charge is -2.23. The van der Waals surface area contributed by atoms with E-state index in [-0.39, 0.29) is 23.2 Å². The van der Waals surface area contributed by atoms with E-state index in [1.807, 2.05) is 13.8 Å². The van der Waals surface area contributed by atoms with Crippen molar-refractivity contribution in [1.29, 1.82) is 0 Å². The highest BCUT2D eigenvalue weighted by molar-refractivity contribution is 6.33. The first-order valence-electron chi connectivity index (χ1n) is 6.75. The molecule has 1 aromatic heterocycles. The number of amides is 1. The second-order valence-corrected chi connectivity index (χ2v) is 5.89. The van der Waals surface area contributed by atoms with Crippen LogP contribution in [0.2, 0.25) is 5.02 Å². The molecule has 0 saturated heterocycles. The van der Waals surface area contributed by atoms with Crippen LogP contribution in [0, 0.1) is 5.41 Å². The zero-order valence-electron chi connectivity index (χ0n) is 12.6. The van der Waals surface area contributed by atoms with Gasteiger partial charge in [-0.3, -0.25) is 9.59 Å². The number of carboxylic acids is 1. The molecule has 6 nitrogen and oxygen atoms in total. The lowest BCUT2D eigenvalue weighted by Crippen LogP contribution is -2.41. The Morgan fingerprint density at radius 3 is 2.57 bits per heavy atom. The van der Waals surface area contributed by atoms with E-state index in [9.17, 15) is 14.7 Å². The maximum atomic E-state index is 12.1. The van der Waals surface area contributed by atoms with Gasteiger partial charge in [-0.25, -0.2) is 9.97 Å². The molecule has 7 heteroatoms. The molecule has 0 saturated carbocycles. The van der Waals surface area contributed by atoms with Gasteiger partial charge >= 0.3 is 5.97 Å². The molecule has 0 aliphatic heterocycles. The van der Waals surface area contributed by atoms with Crippen LogP contribution in [0.1, 0.15) is 56.3 Å². The molecule has 2 N–H and O–H groups in total. The van der Waals surface area contributed by atoms with E-state index in [2.05, 4.69) is 15.3 Å². The monoisotopic (exact) mass is 313 g/mol. The molecular formula is C14H20ClN3O3. The van der Waals surface area contributed by atoms with E-state index >= 15 is 0 Å². The van der Waals surface area contributed by atoms with Crippen molar-refractivity contribution >= 4 is 23.5 Å². The topological polar surface area (TPSA) is 92.2 Å². The second kappa shape index (κ2) is 6.85. The summed E-state index contributed by atoms with van der Waals surface area (Å²) in [6, 6.07) is 0. The Morgan fingerprint density at radius 2 is 2.10 bits per heavy atom. The maximum Gasteiger partial charge on any atom is 0.311 e. The lowest BCUT2D eigenvalue weighted by atomic mass is 9.88. The molecule has 1 heterocycles. The number of nitrogens with zero attached hydrogens (tertiary/aromatic N) is 2. The van der Waals surface area contributed by atoms with Crippen LogP contribution in [0.4, 0.5) is 0 Å². The summed E-state index contributed by atoms with van der Waals surface area (Å²) in [5, 5.41) is 11.9. The molecule has 21 heavy (non-hydrogen) atoms. The van der Waals surface area contributed by atoms with Gasteiger partial charge in [-0.1, -0.05) is 32.4 Å². The van der Waals surface area contributed by atoms with E-state index < -0.39 is 17.3 Å². The number of hydrogen-bond acceptors (Lipinski definition) is 4. The van der Waals surface area contributed by atoms with Crippen LogP contribution >= 0.6 is 11.6 Å². The van der Waals surface area contributed by atoms with Crippen LogP contribution in [0.3, 0.4) is 0 Å². The fourth-order valence-corrected chi connectivity index (χ4v) is 1.71. The van der Waals surface area contributed by atoms with Crippen molar-refractivity contribution in [3.05, 3.63) is 22.7 Å². The summed E-state index contributed by atoms with van der Waals surface area (Å²) in [6.45, 7) is 7.16. The smallest absolute Gasteiger partial charge is 0.311 e. The molecule has 0 aromatic carbocycles. The summed E-state index contributed by atoms with van der Waals surface area (Å²) in [6.07, 6.45) is 1.78. The zero-order valence-corrected chi connectivity index (χ0v) is 13.4. The predicted octanol–water partition coefficient (Wildman–Crippen LogP) is 2.48. The minimum atomic E-state index is -1.02. The molecule has 0 radical (unpaired) electrons. The van der Waals surface area contributed by atoms with Gasteiger partial charge in [0.2, 0.25) is 0 Å². The first-order chi connectivity index (χ1) is 9.71. The number of rotatable bonds is 6. The molecule has 1 atom stereocenters. The highest BCUT2D eigenvalue weighted by Crippen LogP contribution is 2.21. The third-order valence-corrected chi connectivity index (χ3v) is 3.71. The van der Waals surface area contributed by atoms with Crippen molar-refractivity contribution < 1.29 is 14.7 Å². The van der Waals surface area contributed by atoms with Crippen LogP contribution in [0.25, 0.3) is 0 Å². The molecular weight excluding hydrogens is 294 g/mol. The maximum absolute atomic E-state index is 12.1. The molecule has 0 bridgehead atoms. The van der Waals surface area contributed by atoms with Crippen molar-refractivity contribution in [1.82, 2.24) is 15.3 Å². The molecule has 0 fully saturated rings. The number of carboxylic acid groups (broad SMARTS) is 1. The molecule has 1 amide bonds. The summed E-state index contributed by atoms with van der Waals surface area (Å²) in [5.74, 6) is -0.873. The Kier molecular flexibility index (Phi) is 5.66. The van der Waals surface area contributed by atoms with Gasteiger partial charge in [0, 0.05) is 12.5 Å². The average molecular weight is 314 g/mol. The molecule has 1 aromatic rings. The van der Waals surface area contributed by atoms with Crippen molar-refractivity contribution in [2.24, 2.45) is 5.41 Å². The Labute approximate surface area is 128 Å². The summed E-state index contributed by atoms with van der Waals surface area (Å²) >= 11 is 5.94. The number of nitrogens with one attached hydrogen (secondary N) is 1. The van der Waals surface area contributed by atoms with Gasteiger partial charge in [-0.15, -0.1) is 0 Å². The molecule has 0 aliphatic rings. The minimum absolute atomic E-state index is 0.00894. The Morgan fingerprint density at radius 1 is 1.48 bits per heavy atom. The van der Waals surface area contributed by atoms with Gasteiger partial charge in [-0.2, -0.15) is 0 Å². The average Bonchev–Trinajstić information content (AvgIpc) is 2.44. The van der Waals surface area contributed by atoms with Crippen LogP contribution in [-0.4, -0.2) is 33.5 Å². The normalized spacial score (nSPS) is 13.8. The number of aromatic nitrogens is 2. The van der Waals surface area contributed by atoms with Crippen LogP contribution in [0.5, 0.6) is 0 Å². The molecule has 116 valence electrons. The first kappa shape index (κ1) is 17.4. The molecule has 0 aliphatic carbocycles. The van der Waals surface area contributed by atoms with Gasteiger partial charge in [-0.05, 0) is 13.3 Å². The van der Waals surface area contributed by atoms with Crippen molar-refractivity contribution in [3.8, 4) is 0 Å². The number of hydrogen-bond donors (Lipinski definition) is 2. The van der Waals surface area contributed by atoms with Gasteiger partial charge in [0.05, 0.1) is 16.6 Å². The van der Waals surface area contributed by atoms with Crippen LogP contribution < -0.4 is 5.32 Å². The molecule has 1 unspecified atom stereocenters. The highest BCUT2D eigenvalue weighted by atomic mass is 35.5. The van der Waals surface area contributed by atoms with Gasteiger partial charge < -0.3 is 10.4 Å². The SMILES string of the molecule is CCC(C)(CNC(=O)c1nc(C(C)C)ncc1Cl)C(=O)O. The predicted molar refractivity (Wildman–Crippen MR) is 79.5 cm³/mol. The van der Waals surface area contributed by atoms with E-state index in [0.717, 1.165) is 0 Å². The van der Waals surface area contributed by atoms with Crippen molar-refractivity contribution in [2.45, 2.75) is 40.0 Å². The Hall–Kier alpha value is -1.69. The Bertz CT molecular complexity index is 548. The molecule has 0 spiro atoms. The van der Waals surface area contributed by atoms with Crippen molar-refractivity contribution in [2.75, 3.05) is 6.54 Å². The van der Waals surface area contributed by atoms with E-state index in [0.29, 0.717) is 12.2 Å². The van der Waals surface area contributed by atoms with Gasteiger partial charge in [0.1, 0.15) is 11.5 Å². The summed E-state index contributed by atoms with van der Waals surface area (Å²) in [7, 11) is 0.